The highest BCUT2D eigenvalue weighted by molar-refractivity contribution is 5.75. The predicted octanol–water partition coefficient (Wildman–Crippen LogP) is 8.47. The van der Waals surface area contributed by atoms with Crippen LogP contribution in [0, 0.1) is 31.6 Å². The second-order valence-corrected chi connectivity index (χ2v) is 12.3. The van der Waals surface area contributed by atoms with Gasteiger partial charge in [-0.2, -0.15) is 0 Å². The summed E-state index contributed by atoms with van der Waals surface area (Å²) in [5.41, 5.74) is 3.16. The van der Waals surface area contributed by atoms with Crippen LogP contribution in [0.1, 0.15) is 128 Å². The lowest BCUT2D eigenvalue weighted by molar-refractivity contribution is -0.143. The smallest absolute Gasteiger partial charge is 0.303 e. The maximum atomic E-state index is 10.1. The molecule has 1 aliphatic rings. The molecule has 1 aliphatic heterocycles. The van der Waals surface area contributed by atoms with Crippen LogP contribution < -0.4 is 4.74 Å². The molecule has 0 fully saturated rings. The van der Waals surface area contributed by atoms with Gasteiger partial charge in [-0.3, -0.25) is 9.59 Å². The third-order valence-electron chi connectivity index (χ3n) is 7.99. The van der Waals surface area contributed by atoms with Crippen LogP contribution in [0.2, 0.25) is 0 Å². The Bertz CT molecular complexity index is 863. The van der Waals surface area contributed by atoms with Crippen molar-refractivity contribution in [1.29, 1.82) is 0 Å². The normalized spacial score (nSPS) is 18.1. The zero-order chi connectivity index (χ0) is 28.9. The molecule has 38 heavy (non-hydrogen) atoms. The molecule has 0 aromatic heterocycles. The van der Waals surface area contributed by atoms with Gasteiger partial charge in [0.05, 0.1) is 12.8 Å². The number of carboxylic acids is 2. The number of benzene rings is 1. The monoisotopic (exact) mass is 534 g/mol. The average Bonchev–Trinajstić information content (AvgIpc) is 2.82. The summed E-state index contributed by atoms with van der Waals surface area (Å²) >= 11 is 0. The number of phenolic OH excluding ortho intramolecular Hbond substituents is 1. The molecule has 1 aromatic carbocycles. The molecule has 1 heterocycles. The molecule has 3 N–H and O–H groups in total. The summed E-state index contributed by atoms with van der Waals surface area (Å²) in [5.74, 6) is 1.82. The second kappa shape index (κ2) is 16.7. The van der Waals surface area contributed by atoms with Gasteiger partial charge in [0.25, 0.3) is 0 Å². The molecular formula is C32H54O6. The molecule has 6 heteroatoms. The molecule has 0 aliphatic carbocycles. The number of fused-ring (bicyclic) bond motifs is 1. The molecule has 0 radical (unpaired) electrons. The van der Waals surface area contributed by atoms with E-state index in [1.165, 1.54) is 56.9 Å². The molecule has 6 nitrogen and oxygen atoms in total. The number of phenols is 1. The summed E-state index contributed by atoms with van der Waals surface area (Å²) in [4.78, 5) is 19.3. The van der Waals surface area contributed by atoms with E-state index in [1.807, 2.05) is 13.0 Å². The second-order valence-electron chi connectivity index (χ2n) is 12.3. The molecular weight excluding hydrogens is 480 g/mol. The van der Waals surface area contributed by atoms with Crippen LogP contribution in [0.25, 0.3) is 0 Å². The number of ether oxygens (including phenoxy) is 1. The minimum atomic E-state index is -1.08. The van der Waals surface area contributed by atoms with Gasteiger partial charge in [-0.1, -0.05) is 72.6 Å². The lowest BCUT2D eigenvalue weighted by atomic mass is 9.85. The molecule has 0 bridgehead atoms. The quantitative estimate of drug-likeness (QED) is 0.208. The Labute approximate surface area is 231 Å². The van der Waals surface area contributed by atoms with Crippen molar-refractivity contribution in [2.45, 2.75) is 138 Å². The first-order valence-electron chi connectivity index (χ1n) is 14.7. The van der Waals surface area contributed by atoms with Crippen molar-refractivity contribution in [2.24, 2.45) is 17.8 Å². The van der Waals surface area contributed by atoms with Crippen LogP contribution >= 0.6 is 0 Å². The number of hydrogen-bond acceptors (Lipinski definition) is 4. The van der Waals surface area contributed by atoms with E-state index in [1.54, 1.807) is 0 Å². The van der Waals surface area contributed by atoms with Crippen molar-refractivity contribution in [1.82, 2.24) is 0 Å². The highest BCUT2D eigenvalue weighted by atomic mass is 16.5. The number of carbonyl (C=O) groups is 2. The van der Waals surface area contributed by atoms with Crippen molar-refractivity contribution in [3.8, 4) is 11.5 Å². The summed E-state index contributed by atoms with van der Waals surface area (Å²) in [6.07, 6.45) is 13.5. The Hall–Kier alpha value is -2.24. The molecule has 218 valence electrons. The van der Waals surface area contributed by atoms with Gasteiger partial charge in [-0.05, 0) is 87.0 Å². The topological polar surface area (TPSA) is 104 Å². The zero-order valence-corrected chi connectivity index (χ0v) is 25.1. The van der Waals surface area contributed by atoms with Crippen LogP contribution in [0.5, 0.6) is 11.5 Å². The lowest BCUT2D eigenvalue weighted by Gasteiger charge is -2.37. The molecule has 0 saturated carbocycles. The van der Waals surface area contributed by atoms with E-state index in [9.17, 15) is 14.7 Å². The lowest BCUT2D eigenvalue weighted by Crippen LogP contribution is -2.36. The number of hydrogen-bond donors (Lipinski definition) is 3. The average molecular weight is 535 g/mol. The Balaban J connectivity index is 0.000000781. The van der Waals surface area contributed by atoms with Crippen molar-refractivity contribution < 1.29 is 29.6 Å². The van der Waals surface area contributed by atoms with Crippen LogP contribution in [0.15, 0.2) is 6.07 Å². The third kappa shape index (κ3) is 13.0. The van der Waals surface area contributed by atoms with E-state index < -0.39 is 11.9 Å². The largest absolute Gasteiger partial charge is 0.508 e. The maximum absolute atomic E-state index is 10.1. The fraction of sp³-hybridized carbons (Fsp3) is 0.750. The van der Waals surface area contributed by atoms with Gasteiger partial charge in [0.2, 0.25) is 0 Å². The highest BCUT2D eigenvalue weighted by Gasteiger charge is 2.33. The van der Waals surface area contributed by atoms with Gasteiger partial charge in [0.15, 0.2) is 0 Å². The molecule has 2 rings (SSSR count). The van der Waals surface area contributed by atoms with Crippen LogP contribution in [-0.4, -0.2) is 32.9 Å². The predicted molar refractivity (Wildman–Crippen MR) is 154 cm³/mol. The number of carboxylic acid groups (broad SMARTS) is 2. The summed E-state index contributed by atoms with van der Waals surface area (Å²) in [7, 11) is 0. The number of aliphatic carboxylic acids is 2. The Morgan fingerprint density at radius 3 is 1.87 bits per heavy atom. The minimum Gasteiger partial charge on any atom is -0.508 e. The first-order chi connectivity index (χ1) is 17.7. The standard InChI is InChI=1S/C28H48O2.C4H6O4/c1-20(2)11-8-12-21(3)13-9-14-22(4)15-10-17-28(7)18-16-25-19-26(29)23(5)24(6)27(25)30-28;5-3(6)1-2-4(7)8/h19-22,29H,8-18H2,1-7H3;1-2H2,(H,5,6)(H,7,8)/t21?,22?,28-;/m1./s1. The molecule has 2 unspecified atom stereocenters. The summed E-state index contributed by atoms with van der Waals surface area (Å²) in [5, 5.41) is 25.9. The van der Waals surface area contributed by atoms with Gasteiger partial charge in [0, 0.05) is 0 Å². The fourth-order valence-corrected chi connectivity index (χ4v) is 5.16. The first-order valence-corrected chi connectivity index (χ1v) is 14.7. The summed E-state index contributed by atoms with van der Waals surface area (Å²) < 4.78 is 6.52. The van der Waals surface area contributed by atoms with E-state index in [0.29, 0.717) is 5.75 Å². The number of aromatic hydroxyl groups is 1. The van der Waals surface area contributed by atoms with Crippen molar-refractivity contribution in [2.75, 3.05) is 0 Å². The van der Waals surface area contributed by atoms with Gasteiger partial charge in [0.1, 0.15) is 17.1 Å². The minimum absolute atomic E-state index is 0.0637. The van der Waals surface area contributed by atoms with Gasteiger partial charge in [-0.25, -0.2) is 0 Å². The highest BCUT2D eigenvalue weighted by Crippen LogP contribution is 2.42. The Kier molecular flexibility index (Phi) is 14.8. The Morgan fingerprint density at radius 1 is 0.868 bits per heavy atom. The summed E-state index contributed by atoms with van der Waals surface area (Å²) in [6, 6.07) is 1.91. The van der Waals surface area contributed by atoms with Crippen molar-refractivity contribution in [3.63, 3.8) is 0 Å². The fourth-order valence-electron chi connectivity index (χ4n) is 5.16. The van der Waals surface area contributed by atoms with Crippen LogP contribution in [0.3, 0.4) is 0 Å². The van der Waals surface area contributed by atoms with Crippen LogP contribution in [-0.2, 0) is 16.0 Å². The third-order valence-corrected chi connectivity index (χ3v) is 7.99. The van der Waals surface area contributed by atoms with E-state index in [-0.39, 0.29) is 18.4 Å². The molecule has 0 saturated heterocycles. The van der Waals surface area contributed by atoms with Gasteiger partial charge < -0.3 is 20.1 Å². The summed E-state index contributed by atoms with van der Waals surface area (Å²) in [6.45, 7) is 15.9. The maximum Gasteiger partial charge on any atom is 0.303 e. The van der Waals surface area contributed by atoms with Crippen molar-refractivity contribution in [3.05, 3.63) is 22.8 Å². The van der Waals surface area contributed by atoms with Gasteiger partial charge in [-0.15, -0.1) is 0 Å². The zero-order valence-electron chi connectivity index (χ0n) is 25.1. The molecule has 3 atom stereocenters. The van der Waals surface area contributed by atoms with Gasteiger partial charge >= 0.3 is 11.9 Å². The number of rotatable bonds is 15. The SMILES string of the molecule is Cc1c(O)cc2c(c1C)O[C@](C)(CCCC(C)CCCC(C)CCCC(C)C)CC2.O=C(O)CCC(=O)O. The van der Waals surface area contributed by atoms with E-state index >= 15 is 0 Å². The molecule has 0 spiro atoms. The number of aryl methyl sites for hydroxylation is 1. The molecule has 1 aromatic rings. The Morgan fingerprint density at radius 2 is 1.37 bits per heavy atom. The van der Waals surface area contributed by atoms with Crippen molar-refractivity contribution >= 4 is 11.9 Å². The first kappa shape index (κ1) is 33.8. The van der Waals surface area contributed by atoms with E-state index in [4.69, 9.17) is 14.9 Å². The molecule has 0 amide bonds. The van der Waals surface area contributed by atoms with E-state index in [2.05, 4.69) is 41.5 Å². The van der Waals surface area contributed by atoms with Crippen LogP contribution in [0.4, 0.5) is 0 Å². The van der Waals surface area contributed by atoms with E-state index in [0.717, 1.165) is 53.9 Å².